The number of nitrogens with zero attached hydrogens (tertiary/aromatic N) is 1. The fourth-order valence-electron chi connectivity index (χ4n) is 2.25. The summed E-state index contributed by atoms with van der Waals surface area (Å²) in [6.45, 7) is 9.62. The van der Waals surface area contributed by atoms with Crippen molar-refractivity contribution in [1.82, 2.24) is 10.2 Å². The molecule has 1 heterocycles. The maximum absolute atomic E-state index is 3.50. The van der Waals surface area contributed by atoms with Gasteiger partial charge in [-0.3, -0.25) is 4.90 Å². The molecule has 0 radical (unpaired) electrons. The number of nitrogens with one attached hydrogen (secondary N) is 1. The highest BCUT2D eigenvalue weighted by atomic mass is 15.3. The molecule has 1 N–H and O–H groups in total. The molecule has 0 bridgehead atoms. The Morgan fingerprint density at radius 1 is 1.42 bits per heavy atom. The van der Waals surface area contributed by atoms with Crippen molar-refractivity contribution in [3.63, 3.8) is 0 Å². The molecule has 1 saturated heterocycles. The summed E-state index contributed by atoms with van der Waals surface area (Å²) in [6, 6.07) is 0. The van der Waals surface area contributed by atoms with Crippen molar-refractivity contribution in [3.05, 3.63) is 0 Å². The van der Waals surface area contributed by atoms with Gasteiger partial charge in [-0.05, 0) is 18.8 Å². The Bertz CT molecular complexity index is 161. The zero-order valence-electron chi connectivity index (χ0n) is 8.27. The lowest BCUT2D eigenvalue weighted by atomic mass is 10.1. The standard InChI is InChI=1S/C10H20N2/c1-9(2)7-12-6-5-11-8-10(12)3-4-10/h9,11H,3-8H2,1-2H3. The summed E-state index contributed by atoms with van der Waals surface area (Å²) < 4.78 is 0. The summed E-state index contributed by atoms with van der Waals surface area (Å²) in [5, 5.41) is 3.50. The van der Waals surface area contributed by atoms with Gasteiger partial charge in [0.25, 0.3) is 0 Å². The second-order valence-electron chi connectivity index (χ2n) is 4.74. The smallest absolute Gasteiger partial charge is 0.0336 e. The van der Waals surface area contributed by atoms with E-state index in [2.05, 4.69) is 24.1 Å². The van der Waals surface area contributed by atoms with E-state index in [0.717, 1.165) is 5.92 Å². The first-order valence-corrected chi connectivity index (χ1v) is 5.19. The Morgan fingerprint density at radius 2 is 2.17 bits per heavy atom. The molecule has 0 amide bonds. The third-order valence-corrected chi connectivity index (χ3v) is 3.10. The molecule has 12 heavy (non-hydrogen) atoms. The van der Waals surface area contributed by atoms with Crippen molar-refractivity contribution in [2.24, 2.45) is 5.92 Å². The quantitative estimate of drug-likeness (QED) is 0.664. The molecule has 2 aliphatic rings. The zero-order valence-corrected chi connectivity index (χ0v) is 8.27. The fraction of sp³-hybridized carbons (Fsp3) is 1.00. The highest BCUT2D eigenvalue weighted by Gasteiger charge is 2.48. The van der Waals surface area contributed by atoms with Gasteiger partial charge in [-0.2, -0.15) is 0 Å². The van der Waals surface area contributed by atoms with Gasteiger partial charge in [0.2, 0.25) is 0 Å². The van der Waals surface area contributed by atoms with Crippen LogP contribution in [0.25, 0.3) is 0 Å². The van der Waals surface area contributed by atoms with Gasteiger partial charge in [-0.1, -0.05) is 13.8 Å². The molecule has 1 saturated carbocycles. The molecule has 0 unspecified atom stereocenters. The van der Waals surface area contributed by atoms with Crippen LogP contribution in [-0.4, -0.2) is 36.6 Å². The van der Waals surface area contributed by atoms with E-state index >= 15 is 0 Å². The third-order valence-electron chi connectivity index (χ3n) is 3.10. The zero-order chi connectivity index (χ0) is 8.60. The van der Waals surface area contributed by atoms with E-state index in [9.17, 15) is 0 Å². The van der Waals surface area contributed by atoms with Crippen molar-refractivity contribution in [3.8, 4) is 0 Å². The Morgan fingerprint density at radius 3 is 2.75 bits per heavy atom. The summed E-state index contributed by atoms with van der Waals surface area (Å²) in [5.41, 5.74) is 0.600. The highest BCUT2D eigenvalue weighted by Crippen LogP contribution is 2.42. The summed E-state index contributed by atoms with van der Waals surface area (Å²) in [7, 11) is 0. The van der Waals surface area contributed by atoms with Crippen molar-refractivity contribution in [2.45, 2.75) is 32.2 Å². The lowest BCUT2D eigenvalue weighted by molar-refractivity contribution is 0.126. The van der Waals surface area contributed by atoms with Crippen LogP contribution < -0.4 is 5.32 Å². The summed E-state index contributed by atoms with van der Waals surface area (Å²) in [6.07, 6.45) is 2.85. The van der Waals surface area contributed by atoms with Crippen LogP contribution in [-0.2, 0) is 0 Å². The number of hydrogen-bond acceptors (Lipinski definition) is 2. The van der Waals surface area contributed by atoms with Crippen molar-refractivity contribution < 1.29 is 0 Å². The molecule has 70 valence electrons. The minimum Gasteiger partial charge on any atom is -0.314 e. The maximum Gasteiger partial charge on any atom is 0.0336 e. The van der Waals surface area contributed by atoms with E-state index < -0.39 is 0 Å². The van der Waals surface area contributed by atoms with E-state index in [-0.39, 0.29) is 0 Å². The average Bonchev–Trinajstić information content (AvgIpc) is 2.75. The van der Waals surface area contributed by atoms with Crippen LogP contribution in [0.5, 0.6) is 0 Å². The van der Waals surface area contributed by atoms with Crippen molar-refractivity contribution in [2.75, 3.05) is 26.2 Å². The van der Waals surface area contributed by atoms with Gasteiger partial charge in [-0.25, -0.2) is 0 Å². The molecule has 1 aliphatic heterocycles. The maximum atomic E-state index is 3.50. The summed E-state index contributed by atoms with van der Waals surface area (Å²) in [4.78, 5) is 2.70. The molecule has 0 aromatic rings. The van der Waals surface area contributed by atoms with Crippen LogP contribution in [0.15, 0.2) is 0 Å². The van der Waals surface area contributed by atoms with Gasteiger partial charge in [-0.15, -0.1) is 0 Å². The molecule has 2 nitrogen and oxygen atoms in total. The normalized spacial score (nSPS) is 28.2. The van der Waals surface area contributed by atoms with Gasteiger partial charge in [0.05, 0.1) is 0 Å². The highest BCUT2D eigenvalue weighted by molar-refractivity contribution is 5.07. The second-order valence-corrected chi connectivity index (χ2v) is 4.74. The Labute approximate surface area is 75.3 Å². The molecule has 2 rings (SSSR count). The SMILES string of the molecule is CC(C)CN1CCNCC12CC2. The molecular formula is C10H20N2. The number of rotatable bonds is 2. The van der Waals surface area contributed by atoms with E-state index in [1.807, 2.05) is 0 Å². The number of piperazine rings is 1. The lowest BCUT2D eigenvalue weighted by Gasteiger charge is -2.37. The Kier molecular flexibility index (Phi) is 2.13. The summed E-state index contributed by atoms with van der Waals surface area (Å²) in [5.74, 6) is 0.820. The van der Waals surface area contributed by atoms with Crippen LogP contribution >= 0.6 is 0 Å². The average molecular weight is 168 g/mol. The van der Waals surface area contributed by atoms with Crippen molar-refractivity contribution in [1.29, 1.82) is 0 Å². The first-order chi connectivity index (χ1) is 5.73. The van der Waals surface area contributed by atoms with Crippen LogP contribution in [0.4, 0.5) is 0 Å². The van der Waals surface area contributed by atoms with E-state index in [1.165, 1.54) is 39.0 Å². The van der Waals surface area contributed by atoms with Crippen LogP contribution in [0.2, 0.25) is 0 Å². The van der Waals surface area contributed by atoms with E-state index in [0.29, 0.717) is 5.54 Å². The topological polar surface area (TPSA) is 15.3 Å². The fourth-order valence-corrected chi connectivity index (χ4v) is 2.25. The molecule has 0 aromatic heterocycles. The predicted molar refractivity (Wildman–Crippen MR) is 51.2 cm³/mol. The molecule has 0 aromatic carbocycles. The largest absolute Gasteiger partial charge is 0.314 e. The second kappa shape index (κ2) is 3.00. The minimum absolute atomic E-state index is 0.600. The minimum atomic E-state index is 0.600. The number of hydrogen-bond donors (Lipinski definition) is 1. The molecule has 1 aliphatic carbocycles. The Balaban J connectivity index is 1.93. The third kappa shape index (κ3) is 1.50. The summed E-state index contributed by atoms with van der Waals surface area (Å²) >= 11 is 0. The molecule has 2 heteroatoms. The van der Waals surface area contributed by atoms with Crippen LogP contribution in [0, 0.1) is 5.92 Å². The lowest BCUT2D eigenvalue weighted by Crippen LogP contribution is -2.54. The van der Waals surface area contributed by atoms with Gasteiger partial charge in [0.15, 0.2) is 0 Å². The van der Waals surface area contributed by atoms with Gasteiger partial charge in [0, 0.05) is 31.7 Å². The monoisotopic (exact) mass is 168 g/mol. The van der Waals surface area contributed by atoms with Crippen LogP contribution in [0.1, 0.15) is 26.7 Å². The van der Waals surface area contributed by atoms with E-state index in [1.54, 1.807) is 0 Å². The first kappa shape index (κ1) is 8.52. The predicted octanol–water partition coefficient (Wildman–Crippen LogP) is 1.08. The van der Waals surface area contributed by atoms with Gasteiger partial charge < -0.3 is 5.32 Å². The molecular weight excluding hydrogens is 148 g/mol. The van der Waals surface area contributed by atoms with Gasteiger partial charge in [0.1, 0.15) is 0 Å². The first-order valence-electron chi connectivity index (χ1n) is 5.19. The molecule has 2 fully saturated rings. The Hall–Kier alpha value is -0.0800. The van der Waals surface area contributed by atoms with Crippen LogP contribution in [0.3, 0.4) is 0 Å². The van der Waals surface area contributed by atoms with E-state index in [4.69, 9.17) is 0 Å². The van der Waals surface area contributed by atoms with Crippen molar-refractivity contribution >= 4 is 0 Å². The molecule has 1 spiro atoms. The van der Waals surface area contributed by atoms with Gasteiger partial charge >= 0.3 is 0 Å². The molecule has 0 atom stereocenters.